The number of anilines is 1. The molecule has 7 nitrogen and oxygen atoms in total. The Hall–Kier alpha value is -3.85. The van der Waals surface area contributed by atoms with Gasteiger partial charge in [-0.2, -0.15) is 0 Å². The number of nitrogens with zero attached hydrogens (tertiary/aromatic N) is 2. The molecule has 0 radical (unpaired) electrons. The van der Waals surface area contributed by atoms with E-state index in [2.05, 4.69) is 5.32 Å². The van der Waals surface area contributed by atoms with E-state index in [0.717, 1.165) is 21.0 Å². The van der Waals surface area contributed by atoms with E-state index in [9.17, 15) is 18.0 Å². The van der Waals surface area contributed by atoms with Crippen LogP contribution in [0.4, 0.5) is 5.69 Å². The van der Waals surface area contributed by atoms with Gasteiger partial charge in [-0.3, -0.25) is 13.9 Å². The van der Waals surface area contributed by atoms with Crippen LogP contribution in [-0.4, -0.2) is 43.3 Å². The molecule has 1 atom stereocenters. The average Bonchev–Trinajstić information content (AvgIpc) is 2.98. The van der Waals surface area contributed by atoms with Gasteiger partial charge < -0.3 is 10.2 Å². The molecule has 0 aliphatic carbocycles. The smallest absolute Gasteiger partial charge is 0.264 e. The van der Waals surface area contributed by atoms with Crippen LogP contribution in [0.1, 0.15) is 37.5 Å². The minimum atomic E-state index is -4.22. The van der Waals surface area contributed by atoms with Crippen LogP contribution in [0.25, 0.3) is 0 Å². The Morgan fingerprint density at radius 3 is 2.04 bits per heavy atom. The van der Waals surface area contributed by atoms with Gasteiger partial charge in [-0.15, -0.1) is 0 Å². The summed E-state index contributed by atoms with van der Waals surface area (Å²) in [6.45, 7) is 6.93. The Bertz CT molecular complexity index is 1720. The van der Waals surface area contributed by atoms with Gasteiger partial charge >= 0.3 is 0 Å². The van der Waals surface area contributed by atoms with Gasteiger partial charge in [-0.05, 0) is 81.3 Å². The van der Waals surface area contributed by atoms with E-state index in [0.29, 0.717) is 10.0 Å². The van der Waals surface area contributed by atoms with Gasteiger partial charge in [-0.25, -0.2) is 8.42 Å². The molecule has 0 aliphatic rings. The number of amides is 2. The highest BCUT2D eigenvalue weighted by atomic mass is 35.5. The van der Waals surface area contributed by atoms with Crippen molar-refractivity contribution >= 4 is 50.7 Å². The Morgan fingerprint density at radius 1 is 0.800 bits per heavy atom. The summed E-state index contributed by atoms with van der Waals surface area (Å²) in [5.41, 5.74) is 2.11. The van der Waals surface area contributed by atoms with Crippen molar-refractivity contribution in [3.63, 3.8) is 0 Å². The fourth-order valence-electron chi connectivity index (χ4n) is 4.79. The number of benzene rings is 4. The fraction of sp³-hybridized carbons (Fsp3) is 0.257. The molecule has 45 heavy (non-hydrogen) atoms. The fourth-order valence-corrected chi connectivity index (χ4v) is 6.51. The van der Waals surface area contributed by atoms with Crippen LogP contribution in [0.3, 0.4) is 0 Å². The molecule has 0 aromatic heterocycles. The molecule has 0 fully saturated rings. The van der Waals surface area contributed by atoms with Crippen LogP contribution < -0.4 is 9.62 Å². The van der Waals surface area contributed by atoms with Crippen LogP contribution in [0, 0.1) is 6.92 Å². The third kappa shape index (κ3) is 9.33. The highest BCUT2D eigenvalue weighted by molar-refractivity contribution is 7.92. The zero-order valence-electron chi connectivity index (χ0n) is 25.7. The van der Waals surface area contributed by atoms with Crippen molar-refractivity contribution in [1.82, 2.24) is 10.2 Å². The number of carbonyl (C=O) groups excluding carboxylic acids is 2. The molecule has 236 valence electrons. The van der Waals surface area contributed by atoms with Crippen LogP contribution >= 0.6 is 23.2 Å². The van der Waals surface area contributed by atoms with Gasteiger partial charge in [0.25, 0.3) is 10.0 Å². The lowest BCUT2D eigenvalue weighted by molar-refractivity contribution is -0.140. The van der Waals surface area contributed by atoms with Gasteiger partial charge in [0.15, 0.2) is 0 Å². The maximum absolute atomic E-state index is 14.5. The van der Waals surface area contributed by atoms with Crippen molar-refractivity contribution in [2.24, 2.45) is 0 Å². The van der Waals surface area contributed by atoms with Crippen LogP contribution in [0.2, 0.25) is 10.0 Å². The van der Waals surface area contributed by atoms with Gasteiger partial charge in [-0.1, -0.05) is 89.4 Å². The third-order valence-corrected chi connectivity index (χ3v) is 9.29. The molecular weight excluding hydrogens is 629 g/mol. The largest absolute Gasteiger partial charge is 0.350 e. The van der Waals surface area contributed by atoms with Crippen molar-refractivity contribution in [2.75, 3.05) is 10.8 Å². The second-order valence-electron chi connectivity index (χ2n) is 11.9. The Balaban J connectivity index is 1.81. The molecule has 1 N–H and O–H groups in total. The maximum Gasteiger partial charge on any atom is 0.264 e. The zero-order valence-corrected chi connectivity index (χ0v) is 28.0. The molecule has 2 amide bonds. The molecule has 0 saturated carbocycles. The molecule has 0 spiro atoms. The number of hydrogen-bond donors (Lipinski definition) is 1. The summed E-state index contributed by atoms with van der Waals surface area (Å²) in [7, 11) is -4.22. The van der Waals surface area contributed by atoms with E-state index in [-0.39, 0.29) is 29.5 Å². The van der Waals surface area contributed by atoms with E-state index in [1.54, 1.807) is 54.6 Å². The minimum absolute atomic E-state index is 0.0245. The summed E-state index contributed by atoms with van der Waals surface area (Å²) in [5, 5.41) is 3.86. The average molecular weight is 667 g/mol. The van der Waals surface area contributed by atoms with Crippen LogP contribution in [-0.2, 0) is 32.6 Å². The van der Waals surface area contributed by atoms with Crippen molar-refractivity contribution < 1.29 is 18.0 Å². The first-order valence-electron chi connectivity index (χ1n) is 14.5. The van der Waals surface area contributed by atoms with E-state index in [4.69, 9.17) is 23.2 Å². The number of hydrogen-bond acceptors (Lipinski definition) is 4. The van der Waals surface area contributed by atoms with Crippen LogP contribution in [0.15, 0.2) is 108 Å². The maximum atomic E-state index is 14.5. The van der Waals surface area contributed by atoms with Gasteiger partial charge in [0, 0.05) is 28.5 Å². The second-order valence-corrected chi connectivity index (χ2v) is 14.6. The molecule has 10 heteroatoms. The Kier molecular flexibility index (Phi) is 11.0. The summed E-state index contributed by atoms with van der Waals surface area (Å²) in [6.07, 6.45) is 0.212. The number of nitrogens with one attached hydrogen (secondary N) is 1. The minimum Gasteiger partial charge on any atom is -0.350 e. The van der Waals surface area contributed by atoms with E-state index in [1.165, 1.54) is 23.1 Å². The molecule has 0 aliphatic heterocycles. The summed E-state index contributed by atoms with van der Waals surface area (Å²) in [4.78, 5) is 29.9. The standard InChI is InChI=1S/C35H37Cl2N3O4S/c1-25-13-19-31(20-14-25)45(43,44)40(30-12-8-11-29(37)22-30)24-33(41)39(23-27-15-17-28(36)18-16-27)32(34(42)38-35(2,3)4)21-26-9-6-5-7-10-26/h5-20,22,32H,21,23-24H2,1-4H3,(H,38,42). The first-order valence-corrected chi connectivity index (χ1v) is 16.7. The van der Waals surface area contributed by atoms with E-state index < -0.39 is 34.1 Å². The monoisotopic (exact) mass is 665 g/mol. The quantitative estimate of drug-likeness (QED) is 0.186. The van der Waals surface area contributed by atoms with E-state index >= 15 is 0 Å². The molecule has 4 aromatic carbocycles. The summed E-state index contributed by atoms with van der Waals surface area (Å²) in [5.74, 6) is -0.921. The molecule has 0 bridgehead atoms. The lowest BCUT2D eigenvalue weighted by Crippen LogP contribution is -2.56. The van der Waals surface area contributed by atoms with Crippen molar-refractivity contribution in [3.05, 3.63) is 130 Å². The lowest BCUT2D eigenvalue weighted by atomic mass is 10.0. The first-order chi connectivity index (χ1) is 21.2. The number of halogens is 2. The number of carbonyl (C=O) groups is 2. The molecule has 0 saturated heterocycles. The lowest BCUT2D eigenvalue weighted by Gasteiger charge is -2.35. The number of rotatable bonds is 11. The van der Waals surface area contributed by atoms with E-state index in [1.807, 2.05) is 58.0 Å². The van der Waals surface area contributed by atoms with Gasteiger partial charge in [0.2, 0.25) is 11.8 Å². The van der Waals surface area contributed by atoms with Gasteiger partial charge in [0.1, 0.15) is 12.6 Å². The molecule has 1 unspecified atom stereocenters. The predicted molar refractivity (Wildman–Crippen MR) is 181 cm³/mol. The highest BCUT2D eigenvalue weighted by Crippen LogP contribution is 2.27. The van der Waals surface area contributed by atoms with Crippen molar-refractivity contribution in [2.45, 2.75) is 57.1 Å². The van der Waals surface area contributed by atoms with Crippen molar-refractivity contribution in [1.29, 1.82) is 0 Å². The topological polar surface area (TPSA) is 86.8 Å². The highest BCUT2D eigenvalue weighted by Gasteiger charge is 2.35. The summed E-state index contributed by atoms with van der Waals surface area (Å²) < 4.78 is 29.3. The zero-order chi connectivity index (χ0) is 32.8. The van der Waals surface area contributed by atoms with Crippen molar-refractivity contribution in [3.8, 4) is 0 Å². The predicted octanol–water partition coefficient (Wildman–Crippen LogP) is 7.05. The molecule has 4 aromatic rings. The van der Waals surface area contributed by atoms with Gasteiger partial charge in [0.05, 0.1) is 10.6 Å². The second kappa shape index (κ2) is 14.5. The SMILES string of the molecule is Cc1ccc(S(=O)(=O)N(CC(=O)N(Cc2ccc(Cl)cc2)C(Cc2ccccc2)C(=O)NC(C)(C)C)c2cccc(Cl)c2)cc1. The first kappa shape index (κ1) is 34.0. The molecule has 4 rings (SSSR count). The summed E-state index contributed by atoms with van der Waals surface area (Å²) in [6, 6.07) is 28.2. The van der Waals surface area contributed by atoms with Crippen LogP contribution in [0.5, 0.6) is 0 Å². The Labute approximate surface area is 275 Å². The number of sulfonamides is 1. The summed E-state index contributed by atoms with van der Waals surface area (Å²) >= 11 is 12.4. The molecular formula is C35H37Cl2N3O4S. The Morgan fingerprint density at radius 2 is 1.44 bits per heavy atom. The molecule has 0 heterocycles. The normalized spacial score (nSPS) is 12.3. The third-order valence-electron chi connectivity index (χ3n) is 7.02. The number of aryl methyl sites for hydroxylation is 1.